The number of aliphatic hydroxyl groups is 1. The summed E-state index contributed by atoms with van der Waals surface area (Å²) in [7, 11) is 0. The molecule has 0 radical (unpaired) electrons. The van der Waals surface area contributed by atoms with Crippen LogP contribution in [0.2, 0.25) is 0 Å². The first kappa shape index (κ1) is 20.6. The molecule has 0 amide bonds. The van der Waals surface area contributed by atoms with Gasteiger partial charge in [0.2, 0.25) is 0 Å². The Labute approximate surface area is 164 Å². The van der Waals surface area contributed by atoms with Gasteiger partial charge < -0.3 is 24.1 Å². The summed E-state index contributed by atoms with van der Waals surface area (Å²) in [5, 5.41) is 10.8. The van der Waals surface area contributed by atoms with E-state index >= 15 is 0 Å². The van der Waals surface area contributed by atoms with Gasteiger partial charge in [0, 0.05) is 5.56 Å². The van der Waals surface area contributed by atoms with Gasteiger partial charge in [0.1, 0.15) is 23.7 Å². The minimum atomic E-state index is -0.975. The van der Waals surface area contributed by atoms with Crippen LogP contribution in [0.25, 0.3) is 0 Å². The van der Waals surface area contributed by atoms with Gasteiger partial charge in [0.25, 0.3) is 0 Å². The highest BCUT2D eigenvalue weighted by molar-refractivity contribution is 7.99. The summed E-state index contributed by atoms with van der Waals surface area (Å²) in [4.78, 5) is 12.5. The topological polar surface area (TPSA) is 74.2 Å². The lowest BCUT2D eigenvalue weighted by molar-refractivity contribution is -0.320. The maximum Gasteiger partial charge on any atom is 0.311 e. The van der Waals surface area contributed by atoms with E-state index in [1.807, 2.05) is 37.3 Å². The normalized spacial score (nSPS) is 34.0. The number of benzene rings is 1. The molecule has 1 N–H and O–H groups in total. The lowest BCUT2D eigenvalue weighted by Crippen LogP contribution is -2.62. The number of fused-ring (bicyclic) bond motifs is 1. The molecule has 2 heterocycles. The average molecular weight is 397 g/mol. The molecule has 27 heavy (non-hydrogen) atoms. The Kier molecular flexibility index (Phi) is 6.48. The van der Waals surface area contributed by atoms with Crippen molar-refractivity contribution in [3.05, 3.63) is 35.9 Å². The second-order valence-electron chi connectivity index (χ2n) is 7.79. The molecule has 6 atom stereocenters. The molecule has 6 nitrogen and oxygen atoms in total. The Morgan fingerprint density at radius 1 is 1.26 bits per heavy atom. The monoisotopic (exact) mass is 396 g/mol. The third-order valence-corrected chi connectivity index (χ3v) is 5.62. The molecule has 0 saturated carbocycles. The van der Waals surface area contributed by atoms with Crippen LogP contribution in [-0.2, 0) is 23.7 Å². The zero-order chi connectivity index (χ0) is 19.6. The third kappa shape index (κ3) is 4.66. The Morgan fingerprint density at radius 2 is 1.96 bits per heavy atom. The van der Waals surface area contributed by atoms with Crippen molar-refractivity contribution in [3.63, 3.8) is 0 Å². The molecule has 150 valence electrons. The Morgan fingerprint density at radius 3 is 2.59 bits per heavy atom. The van der Waals surface area contributed by atoms with Crippen LogP contribution in [0.5, 0.6) is 0 Å². The van der Waals surface area contributed by atoms with Crippen LogP contribution in [0.15, 0.2) is 30.3 Å². The van der Waals surface area contributed by atoms with E-state index in [0.717, 1.165) is 11.3 Å². The predicted molar refractivity (Wildman–Crippen MR) is 102 cm³/mol. The molecule has 1 aromatic rings. The molecule has 0 aliphatic carbocycles. The Hall–Kier alpha value is -1.12. The maximum atomic E-state index is 12.5. The van der Waals surface area contributed by atoms with Crippen LogP contribution in [0, 0.1) is 5.41 Å². The second kappa shape index (κ2) is 8.49. The van der Waals surface area contributed by atoms with Crippen molar-refractivity contribution in [1.82, 2.24) is 0 Å². The minimum absolute atomic E-state index is 0.307. The van der Waals surface area contributed by atoms with Gasteiger partial charge in [-0.15, -0.1) is 11.8 Å². The highest BCUT2D eigenvalue weighted by Crippen LogP contribution is 2.38. The zero-order valence-electron chi connectivity index (χ0n) is 16.2. The number of hydrogen-bond donors (Lipinski definition) is 1. The van der Waals surface area contributed by atoms with E-state index in [2.05, 4.69) is 0 Å². The van der Waals surface area contributed by atoms with Crippen molar-refractivity contribution >= 4 is 17.7 Å². The molecule has 2 saturated heterocycles. The van der Waals surface area contributed by atoms with Gasteiger partial charge in [-0.3, -0.25) is 4.79 Å². The molecule has 0 bridgehead atoms. The smallest absolute Gasteiger partial charge is 0.311 e. The van der Waals surface area contributed by atoms with Gasteiger partial charge in [0.15, 0.2) is 12.4 Å². The molecule has 2 aliphatic heterocycles. The van der Waals surface area contributed by atoms with Crippen molar-refractivity contribution in [2.24, 2.45) is 5.41 Å². The summed E-state index contributed by atoms with van der Waals surface area (Å²) in [6, 6.07) is 9.56. The molecular weight excluding hydrogens is 368 g/mol. The van der Waals surface area contributed by atoms with Crippen LogP contribution in [0.3, 0.4) is 0 Å². The van der Waals surface area contributed by atoms with Gasteiger partial charge in [-0.25, -0.2) is 0 Å². The quantitative estimate of drug-likeness (QED) is 0.785. The standard InChI is InChI=1S/C20H28O6S/c1-5-27-18-14(21)16(26-19(22)20(2,3)4)15-13(24-18)11-23-17(25-15)12-9-7-6-8-10-12/h6-10,13-18,21H,5,11H2,1-4H3/t13-,14-,15-,16-,17-,18+/m1/s1. The Bertz CT molecular complexity index is 631. The highest BCUT2D eigenvalue weighted by Gasteiger charge is 2.52. The first-order valence-electron chi connectivity index (χ1n) is 9.29. The van der Waals surface area contributed by atoms with E-state index in [1.165, 1.54) is 11.8 Å². The first-order chi connectivity index (χ1) is 12.8. The van der Waals surface area contributed by atoms with Gasteiger partial charge in [0.05, 0.1) is 12.0 Å². The van der Waals surface area contributed by atoms with Crippen LogP contribution in [0.4, 0.5) is 0 Å². The van der Waals surface area contributed by atoms with Crippen LogP contribution in [0.1, 0.15) is 39.5 Å². The number of carbonyl (C=O) groups excluding carboxylic acids is 1. The summed E-state index contributed by atoms with van der Waals surface area (Å²) >= 11 is 1.48. The Balaban J connectivity index is 1.82. The van der Waals surface area contributed by atoms with Crippen molar-refractivity contribution in [1.29, 1.82) is 0 Å². The number of esters is 1. The lowest BCUT2D eigenvalue weighted by Gasteiger charge is -2.47. The molecule has 7 heteroatoms. The minimum Gasteiger partial charge on any atom is -0.456 e. The number of hydrogen-bond acceptors (Lipinski definition) is 7. The molecule has 3 rings (SSSR count). The first-order valence-corrected chi connectivity index (χ1v) is 10.3. The summed E-state index contributed by atoms with van der Waals surface area (Å²) < 4.78 is 23.7. The number of carbonyl (C=O) groups is 1. The number of ether oxygens (including phenoxy) is 4. The SMILES string of the molecule is CCS[C@@H]1O[C@@H]2CO[C@@H](c3ccccc3)O[C@H]2[C@H](OC(=O)C(C)(C)C)[C@H]1O. The maximum absolute atomic E-state index is 12.5. The lowest BCUT2D eigenvalue weighted by atomic mass is 9.95. The number of rotatable bonds is 4. The van der Waals surface area contributed by atoms with Crippen LogP contribution >= 0.6 is 11.8 Å². The van der Waals surface area contributed by atoms with Crippen molar-refractivity contribution in [2.75, 3.05) is 12.4 Å². The van der Waals surface area contributed by atoms with Crippen molar-refractivity contribution < 1.29 is 28.8 Å². The second-order valence-corrected chi connectivity index (χ2v) is 9.16. The number of aliphatic hydroxyl groups excluding tert-OH is 1. The average Bonchev–Trinajstić information content (AvgIpc) is 2.64. The van der Waals surface area contributed by atoms with Gasteiger partial charge in [-0.05, 0) is 26.5 Å². The van der Waals surface area contributed by atoms with E-state index in [4.69, 9.17) is 18.9 Å². The van der Waals surface area contributed by atoms with E-state index < -0.39 is 41.6 Å². The van der Waals surface area contributed by atoms with Gasteiger partial charge >= 0.3 is 5.97 Å². The summed E-state index contributed by atoms with van der Waals surface area (Å²) in [5.74, 6) is 0.395. The fraction of sp³-hybridized carbons (Fsp3) is 0.650. The molecule has 0 spiro atoms. The van der Waals surface area contributed by atoms with E-state index in [1.54, 1.807) is 20.8 Å². The summed E-state index contributed by atoms with van der Waals surface area (Å²) in [6.07, 6.45) is -3.38. The molecular formula is C20H28O6S. The van der Waals surface area contributed by atoms with Gasteiger partial charge in [-0.1, -0.05) is 37.3 Å². The van der Waals surface area contributed by atoms with E-state index in [-0.39, 0.29) is 5.97 Å². The highest BCUT2D eigenvalue weighted by atomic mass is 32.2. The molecule has 1 aromatic carbocycles. The summed E-state index contributed by atoms with van der Waals surface area (Å²) in [6.45, 7) is 7.65. The van der Waals surface area contributed by atoms with Gasteiger partial charge in [-0.2, -0.15) is 0 Å². The zero-order valence-corrected chi connectivity index (χ0v) is 17.0. The predicted octanol–water partition coefficient (Wildman–Crippen LogP) is 2.90. The molecule has 0 aromatic heterocycles. The fourth-order valence-electron chi connectivity index (χ4n) is 3.08. The van der Waals surface area contributed by atoms with Crippen LogP contribution in [-0.4, -0.2) is 53.3 Å². The molecule has 2 fully saturated rings. The van der Waals surface area contributed by atoms with Crippen molar-refractivity contribution in [3.8, 4) is 0 Å². The van der Waals surface area contributed by atoms with Crippen LogP contribution < -0.4 is 0 Å². The fourth-order valence-corrected chi connectivity index (χ4v) is 3.98. The molecule has 2 aliphatic rings. The molecule has 0 unspecified atom stereocenters. The van der Waals surface area contributed by atoms with Crippen molar-refractivity contribution in [2.45, 2.75) is 63.8 Å². The third-order valence-electron chi connectivity index (χ3n) is 4.57. The number of thioether (sulfide) groups is 1. The largest absolute Gasteiger partial charge is 0.456 e. The van der Waals surface area contributed by atoms with E-state index in [9.17, 15) is 9.90 Å². The summed E-state index contributed by atoms with van der Waals surface area (Å²) in [5.41, 5.74) is -0.295. The van der Waals surface area contributed by atoms with E-state index in [0.29, 0.717) is 6.61 Å².